The highest BCUT2D eigenvalue weighted by Gasteiger charge is 2.29. The van der Waals surface area contributed by atoms with Crippen molar-refractivity contribution in [1.82, 2.24) is 0 Å². The van der Waals surface area contributed by atoms with Crippen molar-refractivity contribution in [3.63, 3.8) is 0 Å². The molecule has 1 fully saturated rings. The fourth-order valence-electron chi connectivity index (χ4n) is 4.81. The van der Waals surface area contributed by atoms with Crippen LogP contribution in [0.5, 0.6) is 0 Å². The third-order valence-corrected chi connectivity index (χ3v) is 7.44. The number of allylic oxidation sites excluding steroid dienone is 3. The van der Waals surface area contributed by atoms with Gasteiger partial charge in [-0.25, -0.2) is 4.99 Å². The summed E-state index contributed by atoms with van der Waals surface area (Å²) in [6.45, 7) is 11.3. The Labute approximate surface area is 195 Å². The molecular weight excluding hydrogens is 392 g/mol. The molecule has 176 valence electrons. The first-order chi connectivity index (χ1) is 15.4. The minimum atomic E-state index is 0.318. The Morgan fingerprint density at radius 1 is 1.16 bits per heavy atom. The number of nitrogens with zero attached hydrogens (tertiary/aromatic N) is 1. The van der Waals surface area contributed by atoms with Crippen LogP contribution in [0, 0.1) is 17.8 Å². The second-order valence-electron chi connectivity index (χ2n) is 9.95. The Morgan fingerprint density at radius 3 is 2.53 bits per heavy atom. The normalized spacial score (nSPS) is 25.6. The average molecular weight is 437 g/mol. The van der Waals surface area contributed by atoms with Crippen LogP contribution < -0.4 is 16.8 Å². The van der Waals surface area contributed by atoms with Crippen LogP contribution >= 0.6 is 0 Å². The zero-order valence-corrected chi connectivity index (χ0v) is 20.9. The van der Waals surface area contributed by atoms with E-state index in [1.807, 2.05) is 0 Å². The third-order valence-electron chi connectivity index (χ3n) is 7.44. The molecule has 1 saturated carbocycles. The summed E-state index contributed by atoms with van der Waals surface area (Å²) in [5, 5.41) is 3.61. The van der Waals surface area contributed by atoms with Crippen molar-refractivity contribution >= 4 is 17.1 Å². The number of aliphatic imine (C=N–C) groups is 1. The second kappa shape index (κ2) is 11.1. The first kappa shape index (κ1) is 24.4. The lowest BCUT2D eigenvalue weighted by Crippen LogP contribution is -2.13. The molecule has 2 unspecified atom stereocenters. The highest BCUT2D eigenvalue weighted by Crippen LogP contribution is 2.37. The van der Waals surface area contributed by atoms with Gasteiger partial charge in [-0.3, -0.25) is 0 Å². The van der Waals surface area contributed by atoms with E-state index in [4.69, 9.17) is 16.5 Å². The summed E-state index contributed by atoms with van der Waals surface area (Å²) in [7, 11) is 0. The van der Waals surface area contributed by atoms with Gasteiger partial charge < -0.3 is 16.8 Å². The number of nitrogens with two attached hydrogens (primary N) is 2. The van der Waals surface area contributed by atoms with E-state index >= 15 is 0 Å². The molecule has 1 aromatic carbocycles. The molecule has 0 spiro atoms. The van der Waals surface area contributed by atoms with Gasteiger partial charge in [0, 0.05) is 17.8 Å². The fraction of sp³-hybridized carbons (Fsp3) is 0.607. The Balaban J connectivity index is 1.92. The maximum Gasteiger partial charge on any atom is 0.126 e. The number of nitrogens with one attached hydrogen (secondary N) is 1. The molecule has 0 amide bonds. The molecule has 0 aromatic heterocycles. The third kappa shape index (κ3) is 5.96. The molecule has 4 nitrogen and oxygen atoms in total. The first-order valence-electron chi connectivity index (χ1n) is 12.8. The standard InChI is InChI=1S/C28H44N4/c1-6-9-23(18(4)7-2)22-13-14-24(29)26(17-22)32-27-15-10-19(5)28(30)20(8-3)16-25(31-27)21-11-12-21/h13-15,17-19,21,23,32H,6-12,16,29-30H2,1-5H3/b27-15-,28-20+,31-25?/t18-,19?,23?/m0/s1. The predicted molar refractivity (Wildman–Crippen MR) is 140 cm³/mol. The van der Waals surface area contributed by atoms with E-state index in [0.717, 1.165) is 42.2 Å². The van der Waals surface area contributed by atoms with Crippen LogP contribution in [0.25, 0.3) is 0 Å². The number of hydrogen-bond donors (Lipinski definition) is 3. The molecule has 1 heterocycles. The van der Waals surface area contributed by atoms with Crippen molar-refractivity contribution < 1.29 is 0 Å². The molecule has 4 heteroatoms. The van der Waals surface area contributed by atoms with Gasteiger partial charge in [0.15, 0.2) is 0 Å². The van der Waals surface area contributed by atoms with Crippen LogP contribution in [0.3, 0.4) is 0 Å². The molecule has 3 atom stereocenters. The van der Waals surface area contributed by atoms with Gasteiger partial charge in [0.05, 0.1) is 11.4 Å². The number of rotatable bonds is 9. The molecule has 3 rings (SSSR count). The lowest BCUT2D eigenvalue weighted by Gasteiger charge is -2.24. The van der Waals surface area contributed by atoms with E-state index in [-0.39, 0.29) is 0 Å². The highest BCUT2D eigenvalue weighted by atomic mass is 15.1. The van der Waals surface area contributed by atoms with Gasteiger partial charge in [-0.05, 0) is 85.1 Å². The number of nitrogen functional groups attached to an aromatic ring is 1. The molecule has 0 saturated heterocycles. The van der Waals surface area contributed by atoms with Gasteiger partial charge in [-0.15, -0.1) is 0 Å². The van der Waals surface area contributed by atoms with Crippen molar-refractivity contribution in [2.75, 3.05) is 11.1 Å². The molecule has 2 aliphatic rings. The summed E-state index contributed by atoms with van der Waals surface area (Å²) < 4.78 is 0. The van der Waals surface area contributed by atoms with Crippen LogP contribution in [0.15, 0.2) is 46.4 Å². The maximum atomic E-state index is 6.55. The van der Waals surface area contributed by atoms with Crippen LogP contribution in [0.1, 0.15) is 97.5 Å². The zero-order chi connectivity index (χ0) is 23.3. The number of hydrogen-bond acceptors (Lipinski definition) is 4. The van der Waals surface area contributed by atoms with Crippen molar-refractivity contribution in [2.45, 2.75) is 91.9 Å². The first-order valence-corrected chi connectivity index (χ1v) is 12.8. The van der Waals surface area contributed by atoms with Crippen LogP contribution in [-0.2, 0) is 0 Å². The van der Waals surface area contributed by atoms with Crippen molar-refractivity contribution in [2.24, 2.45) is 28.5 Å². The topological polar surface area (TPSA) is 76.4 Å². The molecule has 1 aliphatic carbocycles. The summed E-state index contributed by atoms with van der Waals surface area (Å²) in [5.41, 5.74) is 19.8. The minimum absolute atomic E-state index is 0.318. The molecule has 1 aliphatic heterocycles. The van der Waals surface area contributed by atoms with Gasteiger partial charge in [0.2, 0.25) is 0 Å². The largest absolute Gasteiger partial charge is 0.402 e. The Hall–Kier alpha value is -2.23. The van der Waals surface area contributed by atoms with Gasteiger partial charge in [0.1, 0.15) is 5.82 Å². The lowest BCUT2D eigenvalue weighted by molar-refractivity contribution is 0.419. The average Bonchev–Trinajstić information content (AvgIpc) is 3.63. The van der Waals surface area contributed by atoms with E-state index in [1.165, 1.54) is 49.0 Å². The Kier molecular flexibility index (Phi) is 8.44. The van der Waals surface area contributed by atoms with E-state index in [9.17, 15) is 0 Å². The maximum absolute atomic E-state index is 6.55. The van der Waals surface area contributed by atoms with E-state index in [1.54, 1.807) is 0 Å². The lowest BCUT2D eigenvalue weighted by atomic mass is 9.82. The van der Waals surface area contributed by atoms with Gasteiger partial charge in [-0.2, -0.15) is 0 Å². The number of benzene rings is 1. The molecule has 0 bridgehead atoms. The van der Waals surface area contributed by atoms with E-state index in [0.29, 0.717) is 23.7 Å². The minimum Gasteiger partial charge on any atom is -0.402 e. The molecule has 32 heavy (non-hydrogen) atoms. The van der Waals surface area contributed by atoms with E-state index < -0.39 is 0 Å². The second-order valence-corrected chi connectivity index (χ2v) is 9.95. The Bertz CT molecular complexity index is 875. The quantitative estimate of drug-likeness (QED) is 0.354. The smallest absolute Gasteiger partial charge is 0.126 e. The van der Waals surface area contributed by atoms with Gasteiger partial charge >= 0.3 is 0 Å². The molecule has 1 aromatic rings. The van der Waals surface area contributed by atoms with Crippen molar-refractivity contribution in [3.05, 3.63) is 46.9 Å². The SMILES string of the molecule is CCCC(c1ccc(N)c(N/C2=C\CC(C)/C(N)=C(/CC)CC(C3CC3)=N2)c1)[C@@H](C)CC. The van der Waals surface area contributed by atoms with Crippen LogP contribution in [0.4, 0.5) is 11.4 Å². The summed E-state index contributed by atoms with van der Waals surface area (Å²) in [4.78, 5) is 5.14. The summed E-state index contributed by atoms with van der Waals surface area (Å²) in [6, 6.07) is 6.53. The van der Waals surface area contributed by atoms with Crippen LogP contribution in [0.2, 0.25) is 0 Å². The van der Waals surface area contributed by atoms with Gasteiger partial charge in [-0.1, -0.05) is 53.5 Å². The van der Waals surface area contributed by atoms with Crippen molar-refractivity contribution in [3.8, 4) is 0 Å². The predicted octanol–water partition coefficient (Wildman–Crippen LogP) is 7.36. The molecule has 0 radical (unpaired) electrons. The van der Waals surface area contributed by atoms with Crippen LogP contribution in [-0.4, -0.2) is 5.71 Å². The zero-order valence-electron chi connectivity index (χ0n) is 20.9. The van der Waals surface area contributed by atoms with E-state index in [2.05, 4.69) is 64.2 Å². The summed E-state index contributed by atoms with van der Waals surface area (Å²) in [5.74, 6) is 3.05. The summed E-state index contributed by atoms with van der Waals surface area (Å²) >= 11 is 0. The number of anilines is 2. The highest BCUT2D eigenvalue weighted by molar-refractivity contribution is 5.92. The molecular formula is C28H44N4. The summed E-state index contributed by atoms with van der Waals surface area (Å²) in [6.07, 6.45) is 11.0. The van der Waals surface area contributed by atoms with Crippen molar-refractivity contribution in [1.29, 1.82) is 0 Å². The van der Waals surface area contributed by atoms with Gasteiger partial charge in [0.25, 0.3) is 0 Å². The molecule has 5 N–H and O–H groups in total. The fourth-order valence-corrected chi connectivity index (χ4v) is 4.81. The Morgan fingerprint density at radius 2 is 1.91 bits per heavy atom. The monoisotopic (exact) mass is 436 g/mol.